The first-order valence-corrected chi connectivity index (χ1v) is 12.8. The van der Waals surface area contributed by atoms with Crippen LogP contribution < -0.4 is 10.2 Å². The van der Waals surface area contributed by atoms with E-state index in [0.717, 1.165) is 38.4 Å². The van der Waals surface area contributed by atoms with Gasteiger partial charge in [-0.3, -0.25) is 14.4 Å². The Bertz CT molecular complexity index is 950. The minimum atomic E-state index is -2.71. The Morgan fingerprint density at radius 2 is 1.78 bits per heavy atom. The second-order valence-corrected chi connectivity index (χ2v) is 10.3. The number of ether oxygens (including phenoxy) is 1. The Morgan fingerprint density at radius 3 is 2.36 bits per heavy atom. The van der Waals surface area contributed by atoms with E-state index in [1.54, 1.807) is 12.1 Å². The van der Waals surface area contributed by atoms with Crippen LogP contribution in [0, 0.1) is 11.8 Å². The minimum absolute atomic E-state index is 0.0586. The van der Waals surface area contributed by atoms with Gasteiger partial charge in [-0.2, -0.15) is 0 Å². The lowest BCUT2D eigenvalue weighted by Crippen LogP contribution is -2.52. The number of hydrogen-bond donors (Lipinski definition) is 1. The van der Waals surface area contributed by atoms with Crippen molar-refractivity contribution < 1.29 is 27.9 Å². The van der Waals surface area contributed by atoms with Gasteiger partial charge in [-0.05, 0) is 43.1 Å². The highest BCUT2D eigenvalue weighted by Crippen LogP contribution is 2.35. The molecule has 36 heavy (non-hydrogen) atoms. The summed E-state index contributed by atoms with van der Waals surface area (Å²) < 4.78 is 32.5. The third-order valence-electron chi connectivity index (χ3n) is 7.46. The van der Waals surface area contributed by atoms with Crippen molar-refractivity contribution in [2.45, 2.75) is 51.8 Å². The number of nitrogens with one attached hydrogen (secondary N) is 1. The van der Waals surface area contributed by atoms with Gasteiger partial charge >= 0.3 is 0 Å². The van der Waals surface area contributed by atoms with Crippen LogP contribution in [0.2, 0.25) is 0 Å². The highest BCUT2D eigenvalue weighted by Gasteiger charge is 2.55. The van der Waals surface area contributed by atoms with Crippen LogP contribution in [0.4, 0.5) is 14.5 Å². The lowest BCUT2D eigenvalue weighted by Gasteiger charge is -2.35. The van der Waals surface area contributed by atoms with Gasteiger partial charge in [-0.25, -0.2) is 8.78 Å². The molecule has 10 heteroatoms. The highest BCUT2D eigenvalue weighted by molar-refractivity contribution is 5.99. The van der Waals surface area contributed by atoms with Gasteiger partial charge in [0.1, 0.15) is 18.7 Å². The maximum atomic E-state index is 13.6. The largest absolute Gasteiger partial charge is 0.369 e. The molecule has 0 bridgehead atoms. The lowest BCUT2D eigenvalue weighted by molar-refractivity contribution is -0.138. The van der Waals surface area contributed by atoms with E-state index in [0.29, 0.717) is 12.0 Å². The summed E-state index contributed by atoms with van der Waals surface area (Å²) in [6.45, 7) is 10.3. The number of halogens is 2. The molecule has 1 aromatic rings. The number of alkyl halides is 2. The standard InChI is InChI=1S/C26H36F2N4O4/c1-4-30-9-11-31(12-10-30)18-7-5-17(6-8-18)25(34)29-20(13-16(2)3)26(35)32-14-19(24(27)28)23-22(32)21(33)15-36-23/h5-8,16,19-20,22-24H,4,9-15H2,1-3H3,(H,29,34)/t19-,20?,22+,23+/m0/s1. The molecule has 4 rings (SSSR count). The van der Waals surface area contributed by atoms with E-state index in [1.165, 1.54) is 4.90 Å². The molecule has 0 spiro atoms. The van der Waals surface area contributed by atoms with E-state index >= 15 is 0 Å². The molecule has 3 saturated heterocycles. The van der Waals surface area contributed by atoms with Crippen LogP contribution in [0.1, 0.15) is 37.6 Å². The predicted octanol–water partition coefficient (Wildman–Crippen LogP) is 2.03. The number of amides is 2. The molecule has 3 aliphatic heterocycles. The molecular weight excluding hydrogens is 470 g/mol. The summed E-state index contributed by atoms with van der Waals surface area (Å²) in [4.78, 5) is 44.8. The first-order valence-electron chi connectivity index (χ1n) is 12.8. The number of carbonyl (C=O) groups is 3. The Morgan fingerprint density at radius 1 is 1.11 bits per heavy atom. The molecule has 0 aliphatic carbocycles. The van der Waals surface area contributed by atoms with Gasteiger partial charge in [0.2, 0.25) is 12.3 Å². The summed E-state index contributed by atoms with van der Waals surface area (Å²) in [5.41, 5.74) is 1.45. The summed E-state index contributed by atoms with van der Waals surface area (Å²) >= 11 is 0. The molecule has 2 amide bonds. The van der Waals surface area contributed by atoms with Crippen LogP contribution in [-0.4, -0.2) is 97.9 Å². The lowest BCUT2D eigenvalue weighted by atomic mass is 10.0. The predicted molar refractivity (Wildman–Crippen MR) is 131 cm³/mol. The smallest absolute Gasteiger partial charge is 0.251 e. The zero-order valence-corrected chi connectivity index (χ0v) is 21.2. The number of anilines is 1. The van der Waals surface area contributed by atoms with E-state index in [9.17, 15) is 23.2 Å². The second kappa shape index (κ2) is 11.2. The second-order valence-electron chi connectivity index (χ2n) is 10.3. The molecule has 8 nitrogen and oxygen atoms in total. The molecule has 1 aromatic carbocycles. The quantitative estimate of drug-likeness (QED) is 0.581. The fraction of sp³-hybridized carbons (Fsp3) is 0.654. The van der Waals surface area contributed by atoms with E-state index < -0.39 is 42.3 Å². The number of piperazine rings is 1. The number of nitrogens with zero attached hydrogens (tertiary/aromatic N) is 3. The summed E-state index contributed by atoms with van der Waals surface area (Å²) in [7, 11) is 0. The van der Waals surface area contributed by atoms with Gasteiger partial charge in [0, 0.05) is 44.0 Å². The minimum Gasteiger partial charge on any atom is -0.369 e. The number of rotatable bonds is 8. The number of fused-ring (bicyclic) bond motifs is 1. The fourth-order valence-corrected chi connectivity index (χ4v) is 5.42. The third-order valence-corrected chi connectivity index (χ3v) is 7.46. The number of benzene rings is 1. The van der Waals surface area contributed by atoms with Crippen LogP contribution in [0.3, 0.4) is 0 Å². The Kier molecular flexibility index (Phi) is 8.24. The van der Waals surface area contributed by atoms with Crippen molar-refractivity contribution in [3.8, 4) is 0 Å². The van der Waals surface area contributed by atoms with E-state index in [4.69, 9.17) is 4.74 Å². The Balaban J connectivity index is 1.44. The molecule has 1 unspecified atom stereocenters. The van der Waals surface area contributed by atoms with Crippen molar-refractivity contribution in [2.24, 2.45) is 11.8 Å². The molecule has 0 aromatic heterocycles. The summed E-state index contributed by atoms with van der Waals surface area (Å²) in [6, 6.07) is 5.34. The number of ketones is 1. The normalized spacial score (nSPS) is 25.5. The molecular formula is C26H36F2N4O4. The van der Waals surface area contributed by atoms with Crippen molar-refractivity contribution in [3.05, 3.63) is 29.8 Å². The maximum absolute atomic E-state index is 13.6. The van der Waals surface area contributed by atoms with Crippen molar-refractivity contribution in [1.29, 1.82) is 0 Å². The molecule has 3 fully saturated rings. The van der Waals surface area contributed by atoms with Gasteiger partial charge in [-0.15, -0.1) is 0 Å². The Labute approximate surface area is 210 Å². The first-order chi connectivity index (χ1) is 17.2. The van der Waals surface area contributed by atoms with Crippen LogP contribution in [0.5, 0.6) is 0 Å². The summed E-state index contributed by atoms with van der Waals surface area (Å²) in [5, 5.41) is 2.80. The number of likely N-dealkylation sites (tertiary alicyclic amines) is 1. The number of hydrogen-bond acceptors (Lipinski definition) is 6. The van der Waals surface area contributed by atoms with Crippen molar-refractivity contribution >= 4 is 23.3 Å². The van der Waals surface area contributed by atoms with Gasteiger partial charge in [0.25, 0.3) is 5.91 Å². The number of Topliss-reactive ketones (excluding diaryl/α,β-unsaturated/α-hetero) is 1. The van der Waals surface area contributed by atoms with Gasteiger partial charge in [0.15, 0.2) is 5.78 Å². The average Bonchev–Trinajstić information content (AvgIpc) is 3.44. The first kappa shape index (κ1) is 26.5. The third kappa shape index (κ3) is 5.54. The van der Waals surface area contributed by atoms with E-state index in [2.05, 4.69) is 22.0 Å². The number of likely N-dealkylation sites (N-methyl/N-ethyl adjacent to an activating group) is 1. The van der Waals surface area contributed by atoms with Crippen molar-refractivity contribution in [1.82, 2.24) is 15.1 Å². The summed E-state index contributed by atoms with van der Waals surface area (Å²) in [5.74, 6) is -2.46. The molecule has 3 heterocycles. The van der Waals surface area contributed by atoms with Crippen molar-refractivity contribution in [3.63, 3.8) is 0 Å². The topological polar surface area (TPSA) is 82.2 Å². The molecule has 1 N–H and O–H groups in total. The molecule has 0 radical (unpaired) electrons. The van der Waals surface area contributed by atoms with E-state index in [1.807, 2.05) is 26.0 Å². The van der Waals surface area contributed by atoms with Gasteiger partial charge < -0.3 is 24.8 Å². The Hall–Kier alpha value is -2.59. The van der Waals surface area contributed by atoms with E-state index in [-0.39, 0.29) is 24.9 Å². The maximum Gasteiger partial charge on any atom is 0.251 e. The van der Waals surface area contributed by atoms with Gasteiger partial charge in [0.05, 0.1) is 12.0 Å². The van der Waals surface area contributed by atoms with Crippen molar-refractivity contribution in [2.75, 3.05) is 50.8 Å². The monoisotopic (exact) mass is 506 g/mol. The van der Waals surface area contributed by atoms with Crippen LogP contribution in [0.25, 0.3) is 0 Å². The van der Waals surface area contributed by atoms with Gasteiger partial charge in [-0.1, -0.05) is 20.8 Å². The zero-order valence-electron chi connectivity index (χ0n) is 21.2. The molecule has 3 aliphatic rings. The SMILES string of the molecule is CCN1CCN(c2ccc(C(=O)NC(CC(C)C)C(=O)N3C[C@H](C(F)F)[C@H]4OCC(=O)[C@H]43)cc2)CC1. The highest BCUT2D eigenvalue weighted by atomic mass is 19.3. The fourth-order valence-electron chi connectivity index (χ4n) is 5.42. The van der Waals surface area contributed by atoms with Crippen LogP contribution in [-0.2, 0) is 14.3 Å². The molecule has 4 atom stereocenters. The summed E-state index contributed by atoms with van der Waals surface area (Å²) in [6.07, 6.45) is -3.38. The zero-order chi connectivity index (χ0) is 26.0. The van der Waals surface area contributed by atoms with Crippen LogP contribution in [0.15, 0.2) is 24.3 Å². The van der Waals surface area contributed by atoms with Crippen LogP contribution >= 0.6 is 0 Å². The molecule has 198 valence electrons. The average molecular weight is 507 g/mol. The molecule has 0 saturated carbocycles. The number of carbonyl (C=O) groups excluding carboxylic acids is 3.